The van der Waals surface area contributed by atoms with E-state index >= 15 is 0 Å². The summed E-state index contributed by atoms with van der Waals surface area (Å²) in [5.41, 5.74) is 0.179. The van der Waals surface area contributed by atoms with Gasteiger partial charge in [0.2, 0.25) is 0 Å². The first kappa shape index (κ1) is 12.7. The van der Waals surface area contributed by atoms with Gasteiger partial charge in [0.25, 0.3) is 0 Å². The van der Waals surface area contributed by atoms with Crippen LogP contribution in [0.15, 0.2) is 34.1 Å². The lowest BCUT2D eigenvalue weighted by molar-refractivity contribution is 0.180. The Morgan fingerprint density at radius 3 is 2.71 bits per heavy atom. The summed E-state index contributed by atoms with van der Waals surface area (Å²) in [6.07, 6.45) is -0.774. The number of aliphatic hydroxyl groups is 1. The summed E-state index contributed by atoms with van der Waals surface area (Å²) in [7, 11) is 0. The lowest BCUT2D eigenvalue weighted by Gasteiger charge is -2.10. The fourth-order valence-corrected chi connectivity index (χ4v) is 3.17. The molecule has 0 amide bonds. The molecule has 0 saturated heterocycles. The van der Waals surface area contributed by atoms with Crippen molar-refractivity contribution in [2.45, 2.75) is 12.5 Å². The molecule has 5 heteroatoms. The third-order valence-corrected chi connectivity index (χ3v) is 4.34. The second-order valence-corrected chi connectivity index (χ2v) is 5.39. The first-order valence-electron chi connectivity index (χ1n) is 4.93. The second-order valence-electron chi connectivity index (χ2n) is 3.59. The molecular formula is C12H9BrF2OS. The van der Waals surface area contributed by atoms with Crippen LogP contribution >= 0.6 is 27.3 Å². The van der Waals surface area contributed by atoms with Crippen LogP contribution in [0, 0.1) is 11.6 Å². The molecule has 0 aliphatic heterocycles. The Balaban J connectivity index is 2.21. The van der Waals surface area contributed by atoms with Crippen molar-refractivity contribution in [2.75, 3.05) is 0 Å². The van der Waals surface area contributed by atoms with Gasteiger partial charge in [-0.1, -0.05) is 0 Å². The van der Waals surface area contributed by atoms with Gasteiger partial charge in [-0.2, -0.15) is 0 Å². The molecule has 0 fully saturated rings. The normalized spacial score (nSPS) is 12.7. The highest BCUT2D eigenvalue weighted by atomic mass is 79.9. The summed E-state index contributed by atoms with van der Waals surface area (Å²) >= 11 is 4.67. The Hall–Kier alpha value is -0.780. The van der Waals surface area contributed by atoms with Crippen molar-refractivity contribution in [3.63, 3.8) is 0 Å². The van der Waals surface area contributed by atoms with Crippen LogP contribution in [0.3, 0.4) is 0 Å². The van der Waals surface area contributed by atoms with E-state index in [0.717, 1.165) is 22.7 Å². The van der Waals surface area contributed by atoms with Crippen LogP contribution in [0.2, 0.25) is 0 Å². The van der Waals surface area contributed by atoms with Crippen molar-refractivity contribution in [1.29, 1.82) is 0 Å². The third kappa shape index (κ3) is 2.91. The third-order valence-electron chi connectivity index (χ3n) is 2.37. The molecule has 0 aliphatic carbocycles. The summed E-state index contributed by atoms with van der Waals surface area (Å²) in [4.78, 5) is 0.716. The molecule has 1 aromatic heterocycles. The minimum absolute atomic E-state index is 0.0582. The van der Waals surface area contributed by atoms with Crippen molar-refractivity contribution in [3.05, 3.63) is 56.2 Å². The molecule has 1 heterocycles. The highest BCUT2D eigenvalue weighted by molar-refractivity contribution is 9.10. The van der Waals surface area contributed by atoms with Gasteiger partial charge in [0.15, 0.2) is 0 Å². The number of halogens is 3. The minimum Gasteiger partial charge on any atom is -0.387 e. The molecule has 0 saturated carbocycles. The van der Waals surface area contributed by atoms with Crippen molar-refractivity contribution < 1.29 is 13.9 Å². The fourth-order valence-electron chi connectivity index (χ4n) is 1.54. The van der Waals surface area contributed by atoms with Crippen LogP contribution in [0.25, 0.3) is 0 Å². The van der Waals surface area contributed by atoms with Crippen LogP contribution in [-0.4, -0.2) is 5.11 Å². The zero-order valence-corrected chi connectivity index (χ0v) is 11.1. The van der Waals surface area contributed by atoms with Gasteiger partial charge < -0.3 is 5.11 Å². The maximum Gasteiger partial charge on any atom is 0.126 e. The van der Waals surface area contributed by atoms with Crippen LogP contribution in [0.5, 0.6) is 0 Å². The standard InChI is InChI=1S/C12H9BrF2OS/c13-9-3-4-17-12(9)11(16)6-7-5-8(14)1-2-10(7)15/h1-5,11,16H,6H2. The predicted molar refractivity (Wildman–Crippen MR) is 67.0 cm³/mol. The van der Waals surface area contributed by atoms with Crippen molar-refractivity contribution in [1.82, 2.24) is 0 Å². The first-order valence-corrected chi connectivity index (χ1v) is 6.60. The topological polar surface area (TPSA) is 20.2 Å². The Morgan fingerprint density at radius 2 is 2.06 bits per heavy atom. The molecule has 0 aliphatic rings. The Morgan fingerprint density at radius 1 is 1.29 bits per heavy atom. The van der Waals surface area contributed by atoms with Gasteiger partial charge in [0.1, 0.15) is 11.6 Å². The smallest absolute Gasteiger partial charge is 0.126 e. The van der Waals surface area contributed by atoms with Gasteiger partial charge in [-0.3, -0.25) is 0 Å². The zero-order chi connectivity index (χ0) is 12.4. The van der Waals surface area contributed by atoms with Gasteiger partial charge in [0, 0.05) is 15.8 Å². The molecule has 1 nitrogen and oxygen atoms in total. The van der Waals surface area contributed by atoms with Gasteiger partial charge in [-0.25, -0.2) is 8.78 Å². The second kappa shape index (κ2) is 5.25. The highest BCUT2D eigenvalue weighted by Crippen LogP contribution is 2.31. The van der Waals surface area contributed by atoms with E-state index in [1.807, 2.05) is 11.4 Å². The van der Waals surface area contributed by atoms with E-state index in [1.54, 1.807) is 0 Å². The van der Waals surface area contributed by atoms with Crippen LogP contribution in [0.1, 0.15) is 16.5 Å². The summed E-state index contributed by atoms with van der Waals surface area (Å²) in [5, 5.41) is 11.8. The SMILES string of the molecule is OC(Cc1cc(F)ccc1F)c1sccc1Br. The largest absolute Gasteiger partial charge is 0.387 e. The van der Waals surface area contributed by atoms with Gasteiger partial charge in [-0.15, -0.1) is 11.3 Å². The number of aliphatic hydroxyl groups excluding tert-OH is 1. The minimum atomic E-state index is -0.833. The molecule has 17 heavy (non-hydrogen) atoms. The maximum absolute atomic E-state index is 13.4. The monoisotopic (exact) mass is 318 g/mol. The maximum atomic E-state index is 13.4. The van der Waals surface area contributed by atoms with Gasteiger partial charge in [0.05, 0.1) is 6.10 Å². The molecule has 0 spiro atoms. The molecule has 0 radical (unpaired) electrons. The van der Waals surface area contributed by atoms with Crippen molar-refractivity contribution in [2.24, 2.45) is 0 Å². The van der Waals surface area contributed by atoms with E-state index in [-0.39, 0.29) is 12.0 Å². The van der Waals surface area contributed by atoms with E-state index in [2.05, 4.69) is 15.9 Å². The Bertz CT molecular complexity index is 527. The number of benzene rings is 1. The summed E-state index contributed by atoms with van der Waals surface area (Å²) in [6.45, 7) is 0. The Kier molecular flexibility index (Phi) is 3.91. The van der Waals surface area contributed by atoms with Crippen LogP contribution < -0.4 is 0 Å². The molecule has 1 atom stereocenters. The average molecular weight is 319 g/mol. The highest BCUT2D eigenvalue weighted by Gasteiger charge is 2.16. The predicted octanol–water partition coefficient (Wildman–Crippen LogP) is 4.06. The van der Waals surface area contributed by atoms with Crippen molar-refractivity contribution in [3.8, 4) is 0 Å². The average Bonchev–Trinajstić information content (AvgIpc) is 2.70. The Labute approximate surface area is 110 Å². The molecule has 90 valence electrons. The van der Waals surface area contributed by atoms with E-state index in [1.165, 1.54) is 11.3 Å². The fraction of sp³-hybridized carbons (Fsp3) is 0.167. The molecule has 0 bridgehead atoms. The first-order chi connectivity index (χ1) is 8.08. The number of thiophene rings is 1. The number of hydrogen-bond donors (Lipinski definition) is 1. The lowest BCUT2D eigenvalue weighted by Crippen LogP contribution is -2.02. The number of hydrogen-bond acceptors (Lipinski definition) is 2. The molecule has 1 unspecified atom stereocenters. The van der Waals surface area contributed by atoms with E-state index < -0.39 is 17.7 Å². The van der Waals surface area contributed by atoms with Crippen molar-refractivity contribution >= 4 is 27.3 Å². The summed E-state index contributed by atoms with van der Waals surface area (Å²) < 4.78 is 27.1. The molecule has 1 N–H and O–H groups in total. The van der Waals surface area contributed by atoms with E-state index in [0.29, 0.717) is 4.88 Å². The van der Waals surface area contributed by atoms with Crippen LogP contribution in [0.4, 0.5) is 8.78 Å². The van der Waals surface area contributed by atoms with E-state index in [9.17, 15) is 13.9 Å². The molecule has 2 aromatic rings. The summed E-state index contributed by atoms with van der Waals surface area (Å²) in [6, 6.07) is 5.05. The molecular weight excluding hydrogens is 310 g/mol. The van der Waals surface area contributed by atoms with Crippen LogP contribution in [-0.2, 0) is 6.42 Å². The zero-order valence-electron chi connectivity index (χ0n) is 8.66. The quantitative estimate of drug-likeness (QED) is 0.904. The lowest BCUT2D eigenvalue weighted by atomic mass is 10.1. The number of rotatable bonds is 3. The summed E-state index contributed by atoms with van der Waals surface area (Å²) in [5.74, 6) is -1.00. The van der Waals surface area contributed by atoms with Gasteiger partial charge in [-0.05, 0) is 51.1 Å². The molecule has 2 rings (SSSR count). The van der Waals surface area contributed by atoms with Gasteiger partial charge >= 0.3 is 0 Å². The molecule has 1 aromatic carbocycles. The van der Waals surface area contributed by atoms with E-state index in [4.69, 9.17) is 0 Å².